The Morgan fingerprint density at radius 1 is 1.16 bits per heavy atom. The van der Waals surface area contributed by atoms with Crippen LogP contribution in [0.1, 0.15) is 27.7 Å². The number of nitrogens with one attached hydrogen (secondary N) is 1. The number of hydrogen-bond acceptors (Lipinski definition) is 5. The Labute approximate surface area is 116 Å². The van der Waals surface area contributed by atoms with E-state index < -0.39 is 0 Å². The molecule has 1 saturated heterocycles. The Morgan fingerprint density at radius 2 is 1.84 bits per heavy atom. The van der Waals surface area contributed by atoms with Crippen LogP contribution in [0.15, 0.2) is 12.4 Å². The maximum absolute atomic E-state index is 4.61. The zero-order valence-corrected chi connectivity index (χ0v) is 12.5. The van der Waals surface area contributed by atoms with Crippen molar-refractivity contribution >= 4 is 11.6 Å². The second-order valence-electron chi connectivity index (χ2n) is 5.94. The van der Waals surface area contributed by atoms with Crippen LogP contribution in [0.5, 0.6) is 0 Å². The Morgan fingerprint density at radius 3 is 2.42 bits per heavy atom. The van der Waals surface area contributed by atoms with E-state index in [-0.39, 0.29) is 5.54 Å². The highest BCUT2D eigenvalue weighted by molar-refractivity contribution is 5.44. The van der Waals surface area contributed by atoms with Gasteiger partial charge in [-0.1, -0.05) is 0 Å². The SMILES string of the molecule is CCNc1cncc(N2CCN(C(C)(C)C)CC2)n1. The number of anilines is 2. The molecule has 1 aliphatic rings. The third-order valence-corrected chi connectivity index (χ3v) is 3.53. The smallest absolute Gasteiger partial charge is 0.149 e. The summed E-state index contributed by atoms with van der Waals surface area (Å²) in [4.78, 5) is 13.7. The van der Waals surface area contributed by atoms with Crippen molar-refractivity contribution in [2.45, 2.75) is 33.2 Å². The summed E-state index contributed by atoms with van der Waals surface area (Å²) in [5.74, 6) is 1.84. The second-order valence-corrected chi connectivity index (χ2v) is 5.94. The molecule has 0 spiro atoms. The van der Waals surface area contributed by atoms with Crippen LogP contribution in [0.4, 0.5) is 11.6 Å². The molecule has 2 rings (SSSR count). The van der Waals surface area contributed by atoms with Gasteiger partial charge in [-0.25, -0.2) is 4.98 Å². The van der Waals surface area contributed by atoms with Crippen LogP contribution in [0.25, 0.3) is 0 Å². The minimum Gasteiger partial charge on any atom is -0.369 e. The zero-order chi connectivity index (χ0) is 13.9. The van der Waals surface area contributed by atoms with Gasteiger partial charge in [-0.05, 0) is 27.7 Å². The van der Waals surface area contributed by atoms with Gasteiger partial charge in [0.2, 0.25) is 0 Å². The van der Waals surface area contributed by atoms with Gasteiger partial charge in [0.05, 0.1) is 12.4 Å². The predicted octanol–water partition coefficient (Wildman–Crippen LogP) is 1.83. The summed E-state index contributed by atoms with van der Waals surface area (Å²) < 4.78 is 0. The summed E-state index contributed by atoms with van der Waals surface area (Å²) in [5.41, 5.74) is 0.253. The molecule has 0 unspecified atom stereocenters. The van der Waals surface area contributed by atoms with Gasteiger partial charge in [0.25, 0.3) is 0 Å². The van der Waals surface area contributed by atoms with Crippen molar-refractivity contribution in [1.82, 2.24) is 14.9 Å². The van der Waals surface area contributed by atoms with E-state index >= 15 is 0 Å². The molecule has 1 fully saturated rings. The van der Waals surface area contributed by atoms with E-state index in [4.69, 9.17) is 0 Å². The average molecular weight is 263 g/mol. The highest BCUT2D eigenvalue weighted by Gasteiger charge is 2.26. The molecule has 1 aromatic rings. The molecule has 0 saturated carbocycles. The molecule has 0 aliphatic carbocycles. The number of hydrogen-bond donors (Lipinski definition) is 1. The average Bonchev–Trinajstić information content (AvgIpc) is 2.39. The van der Waals surface area contributed by atoms with Gasteiger partial charge < -0.3 is 10.2 Å². The predicted molar refractivity (Wildman–Crippen MR) is 79.7 cm³/mol. The first-order valence-electron chi connectivity index (χ1n) is 7.06. The summed E-state index contributed by atoms with van der Waals surface area (Å²) in [6, 6.07) is 0. The van der Waals surface area contributed by atoms with E-state index in [0.717, 1.165) is 44.4 Å². The van der Waals surface area contributed by atoms with Gasteiger partial charge >= 0.3 is 0 Å². The zero-order valence-electron chi connectivity index (χ0n) is 12.5. The second kappa shape index (κ2) is 5.74. The monoisotopic (exact) mass is 263 g/mol. The minimum atomic E-state index is 0.253. The fraction of sp³-hybridized carbons (Fsp3) is 0.714. The van der Waals surface area contributed by atoms with Crippen LogP contribution in [-0.4, -0.2) is 53.1 Å². The molecule has 5 nitrogen and oxygen atoms in total. The van der Waals surface area contributed by atoms with Gasteiger partial charge in [-0.2, -0.15) is 0 Å². The van der Waals surface area contributed by atoms with E-state index in [0.29, 0.717) is 0 Å². The quantitative estimate of drug-likeness (QED) is 0.901. The first-order chi connectivity index (χ1) is 9.00. The summed E-state index contributed by atoms with van der Waals surface area (Å²) >= 11 is 0. The molecule has 1 aromatic heterocycles. The molecule has 19 heavy (non-hydrogen) atoms. The molecule has 0 bridgehead atoms. The van der Waals surface area contributed by atoms with Gasteiger partial charge in [0, 0.05) is 38.3 Å². The first-order valence-corrected chi connectivity index (χ1v) is 7.06. The van der Waals surface area contributed by atoms with Crippen LogP contribution in [-0.2, 0) is 0 Å². The summed E-state index contributed by atoms with van der Waals surface area (Å²) in [5, 5.41) is 3.21. The van der Waals surface area contributed by atoms with E-state index in [9.17, 15) is 0 Å². The summed E-state index contributed by atoms with van der Waals surface area (Å²) in [7, 11) is 0. The van der Waals surface area contributed by atoms with Crippen LogP contribution in [0.2, 0.25) is 0 Å². The van der Waals surface area contributed by atoms with E-state index in [1.54, 1.807) is 6.20 Å². The molecule has 2 heterocycles. The van der Waals surface area contributed by atoms with Crippen LogP contribution in [0, 0.1) is 0 Å². The Hall–Kier alpha value is -1.36. The Kier molecular flexibility index (Phi) is 4.24. The molecule has 0 atom stereocenters. The highest BCUT2D eigenvalue weighted by Crippen LogP contribution is 2.19. The highest BCUT2D eigenvalue weighted by atomic mass is 15.3. The molecular formula is C14H25N5. The third kappa shape index (κ3) is 3.56. The lowest BCUT2D eigenvalue weighted by Crippen LogP contribution is -2.53. The minimum absolute atomic E-state index is 0.253. The topological polar surface area (TPSA) is 44.3 Å². The number of piperazine rings is 1. The molecule has 0 radical (unpaired) electrons. The maximum Gasteiger partial charge on any atom is 0.149 e. The van der Waals surface area contributed by atoms with Gasteiger partial charge in [0.15, 0.2) is 0 Å². The third-order valence-electron chi connectivity index (χ3n) is 3.53. The molecule has 1 N–H and O–H groups in total. The first kappa shape index (κ1) is 14.1. The molecule has 5 heteroatoms. The number of aromatic nitrogens is 2. The Bertz CT molecular complexity index is 405. The maximum atomic E-state index is 4.61. The standard InChI is InChI=1S/C14H25N5/c1-5-16-12-10-15-11-13(17-12)18-6-8-19(9-7-18)14(2,3)4/h10-11H,5-9H2,1-4H3,(H,16,17). The fourth-order valence-electron chi connectivity index (χ4n) is 2.38. The van der Waals surface area contributed by atoms with Crippen molar-refractivity contribution in [2.24, 2.45) is 0 Å². The van der Waals surface area contributed by atoms with Crippen molar-refractivity contribution in [3.05, 3.63) is 12.4 Å². The van der Waals surface area contributed by atoms with Gasteiger partial charge in [-0.15, -0.1) is 0 Å². The molecule has 0 amide bonds. The number of nitrogens with zero attached hydrogens (tertiary/aromatic N) is 4. The largest absolute Gasteiger partial charge is 0.369 e. The van der Waals surface area contributed by atoms with Crippen LogP contribution < -0.4 is 10.2 Å². The Balaban J connectivity index is 1.99. The summed E-state index contributed by atoms with van der Waals surface area (Å²) in [6.07, 6.45) is 3.63. The van der Waals surface area contributed by atoms with Crippen LogP contribution >= 0.6 is 0 Å². The van der Waals surface area contributed by atoms with Crippen molar-refractivity contribution in [2.75, 3.05) is 42.9 Å². The molecular weight excluding hydrogens is 238 g/mol. The van der Waals surface area contributed by atoms with Gasteiger partial charge in [-0.3, -0.25) is 9.88 Å². The van der Waals surface area contributed by atoms with Crippen molar-refractivity contribution in [3.8, 4) is 0 Å². The summed E-state index contributed by atoms with van der Waals surface area (Å²) in [6.45, 7) is 13.9. The van der Waals surface area contributed by atoms with Crippen molar-refractivity contribution in [3.63, 3.8) is 0 Å². The normalized spacial score (nSPS) is 17.6. The number of rotatable bonds is 3. The lowest BCUT2D eigenvalue weighted by Gasteiger charge is -2.42. The lowest BCUT2D eigenvalue weighted by molar-refractivity contribution is 0.128. The van der Waals surface area contributed by atoms with E-state index in [2.05, 4.69) is 52.8 Å². The van der Waals surface area contributed by atoms with E-state index in [1.807, 2.05) is 6.20 Å². The fourth-order valence-corrected chi connectivity index (χ4v) is 2.38. The lowest BCUT2D eigenvalue weighted by atomic mass is 10.1. The van der Waals surface area contributed by atoms with Crippen molar-refractivity contribution < 1.29 is 0 Å². The molecule has 0 aromatic carbocycles. The van der Waals surface area contributed by atoms with Crippen LogP contribution in [0.3, 0.4) is 0 Å². The van der Waals surface area contributed by atoms with Crippen molar-refractivity contribution in [1.29, 1.82) is 0 Å². The molecule has 1 aliphatic heterocycles. The molecule has 106 valence electrons. The van der Waals surface area contributed by atoms with E-state index in [1.165, 1.54) is 0 Å². The van der Waals surface area contributed by atoms with Gasteiger partial charge in [0.1, 0.15) is 11.6 Å².